The molecule has 0 saturated carbocycles. The standard InChI is InChI=1S/C15H21N2O4S2/c1-2-3-7-14(19)16-12-6-4-9-17(11-13(12)18)23(20,21)15-8-5-10-22-15/h5,7-8,10,12H,2-4,6,9,11H2,1H3,(H,16,19). The Morgan fingerprint density at radius 1 is 1.52 bits per heavy atom. The van der Waals surface area contributed by atoms with Gasteiger partial charge in [-0.2, -0.15) is 4.31 Å². The number of carbonyl (C=O) groups excluding carboxylic acids is 2. The molecule has 0 spiro atoms. The summed E-state index contributed by atoms with van der Waals surface area (Å²) in [7, 11) is -3.63. The third-order valence-electron chi connectivity index (χ3n) is 3.65. The van der Waals surface area contributed by atoms with Crippen LogP contribution < -0.4 is 5.32 Å². The Labute approximate surface area is 140 Å². The Morgan fingerprint density at radius 2 is 2.30 bits per heavy atom. The van der Waals surface area contributed by atoms with Crippen LogP contribution in [0.2, 0.25) is 0 Å². The molecule has 23 heavy (non-hydrogen) atoms. The number of nitrogens with zero attached hydrogens (tertiary/aromatic N) is 1. The Morgan fingerprint density at radius 3 is 2.96 bits per heavy atom. The van der Waals surface area contributed by atoms with Crippen LogP contribution in [0.25, 0.3) is 0 Å². The lowest BCUT2D eigenvalue weighted by atomic mass is 10.1. The van der Waals surface area contributed by atoms with Crippen LogP contribution in [-0.4, -0.2) is 43.5 Å². The van der Waals surface area contributed by atoms with Crippen molar-refractivity contribution in [1.82, 2.24) is 9.62 Å². The van der Waals surface area contributed by atoms with Crippen molar-refractivity contribution in [2.24, 2.45) is 0 Å². The summed E-state index contributed by atoms with van der Waals surface area (Å²) in [5, 5.41) is 4.38. The van der Waals surface area contributed by atoms with Gasteiger partial charge in [-0.3, -0.25) is 9.59 Å². The summed E-state index contributed by atoms with van der Waals surface area (Å²) in [6, 6.07) is 2.59. The van der Waals surface area contributed by atoms with Crippen molar-refractivity contribution in [1.29, 1.82) is 0 Å². The van der Waals surface area contributed by atoms with Crippen LogP contribution in [-0.2, 0) is 19.6 Å². The minimum absolute atomic E-state index is 0.195. The average molecular weight is 357 g/mol. The number of ketones is 1. The molecule has 2 rings (SSSR count). The molecule has 1 aliphatic heterocycles. The molecule has 1 atom stereocenters. The SMILES string of the molecule is CCC[CH]C(=O)NC1CCCN(S(=O)(=O)c2cccs2)CC1=O. The average Bonchev–Trinajstić information content (AvgIpc) is 2.99. The minimum atomic E-state index is -3.63. The molecule has 0 bridgehead atoms. The first-order valence-electron chi connectivity index (χ1n) is 7.65. The third-order valence-corrected chi connectivity index (χ3v) is 6.86. The largest absolute Gasteiger partial charge is 0.346 e. The second-order valence-corrected chi connectivity index (χ2v) is 8.55. The van der Waals surface area contributed by atoms with Gasteiger partial charge >= 0.3 is 0 Å². The van der Waals surface area contributed by atoms with Gasteiger partial charge in [0, 0.05) is 13.0 Å². The molecule has 1 fully saturated rings. The van der Waals surface area contributed by atoms with Gasteiger partial charge in [-0.05, 0) is 30.7 Å². The lowest BCUT2D eigenvalue weighted by molar-refractivity contribution is -0.126. The summed E-state index contributed by atoms with van der Waals surface area (Å²) in [4.78, 5) is 24.1. The van der Waals surface area contributed by atoms with E-state index in [1.165, 1.54) is 16.8 Å². The Hall–Kier alpha value is -1.25. The van der Waals surface area contributed by atoms with Crippen molar-refractivity contribution in [2.45, 2.75) is 42.9 Å². The second-order valence-electron chi connectivity index (χ2n) is 5.43. The van der Waals surface area contributed by atoms with Gasteiger partial charge < -0.3 is 5.32 Å². The number of nitrogens with one attached hydrogen (secondary N) is 1. The van der Waals surface area contributed by atoms with E-state index >= 15 is 0 Å². The molecule has 1 saturated heterocycles. The number of carbonyl (C=O) groups is 2. The van der Waals surface area contributed by atoms with Gasteiger partial charge in [0.25, 0.3) is 10.0 Å². The van der Waals surface area contributed by atoms with Gasteiger partial charge in [0.15, 0.2) is 5.78 Å². The summed E-state index contributed by atoms with van der Waals surface area (Å²) in [6.45, 7) is 2.06. The van der Waals surface area contributed by atoms with Crippen LogP contribution in [0.3, 0.4) is 0 Å². The minimum Gasteiger partial charge on any atom is -0.346 e. The molecule has 1 radical (unpaired) electrons. The highest BCUT2D eigenvalue weighted by Gasteiger charge is 2.33. The fourth-order valence-corrected chi connectivity index (χ4v) is 4.99. The Balaban J connectivity index is 2.02. The van der Waals surface area contributed by atoms with Crippen molar-refractivity contribution < 1.29 is 18.0 Å². The van der Waals surface area contributed by atoms with Crippen LogP contribution >= 0.6 is 11.3 Å². The van der Waals surface area contributed by atoms with Gasteiger partial charge in [-0.15, -0.1) is 11.3 Å². The molecular formula is C15H21N2O4S2. The molecule has 1 aromatic rings. The molecule has 2 heterocycles. The van der Waals surface area contributed by atoms with Gasteiger partial charge in [-0.1, -0.05) is 19.4 Å². The van der Waals surface area contributed by atoms with Gasteiger partial charge in [0.2, 0.25) is 5.91 Å². The van der Waals surface area contributed by atoms with Crippen LogP contribution in [0.4, 0.5) is 0 Å². The Bertz CT molecular complexity index is 640. The topological polar surface area (TPSA) is 83.6 Å². The first kappa shape index (κ1) is 18.1. The third kappa shape index (κ3) is 4.62. The first-order chi connectivity index (χ1) is 10.9. The number of thiophene rings is 1. The van der Waals surface area contributed by atoms with E-state index in [1.807, 2.05) is 6.92 Å². The van der Waals surface area contributed by atoms with E-state index in [2.05, 4.69) is 5.32 Å². The zero-order valence-corrected chi connectivity index (χ0v) is 14.7. The molecule has 1 N–H and O–H groups in total. The number of sulfonamides is 1. The maximum Gasteiger partial charge on any atom is 0.252 e. The zero-order valence-electron chi connectivity index (χ0n) is 13.0. The smallest absolute Gasteiger partial charge is 0.252 e. The first-order valence-corrected chi connectivity index (χ1v) is 9.97. The molecule has 1 aliphatic rings. The molecule has 0 aliphatic carbocycles. The van der Waals surface area contributed by atoms with E-state index in [9.17, 15) is 18.0 Å². The number of hydrogen-bond donors (Lipinski definition) is 1. The highest BCUT2D eigenvalue weighted by molar-refractivity contribution is 7.91. The van der Waals surface area contributed by atoms with Crippen LogP contribution in [0.15, 0.2) is 21.7 Å². The predicted molar refractivity (Wildman–Crippen MR) is 88.5 cm³/mol. The van der Waals surface area contributed by atoms with Gasteiger partial charge in [-0.25, -0.2) is 8.42 Å². The lowest BCUT2D eigenvalue weighted by Crippen LogP contribution is -2.44. The number of amides is 1. The van der Waals surface area contributed by atoms with E-state index in [-0.39, 0.29) is 29.0 Å². The molecule has 1 unspecified atom stereocenters. The second kappa shape index (κ2) is 8.03. The summed E-state index contributed by atoms with van der Waals surface area (Å²) in [5.41, 5.74) is 0. The van der Waals surface area contributed by atoms with Crippen molar-refractivity contribution in [3.05, 3.63) is 23.9 Å². The highest BCUT2D eigenvalue weighted by Crippen LogP contribution is 2.23. The van der Waals surface area contributed by atoms with E-state index in [0.29, 0.717) is 19.3 Å². The lowest BCUT2D eigenvalue weighted by Gasteiger charge is -2.18. The number of Topliss-reactive ketones (excluding diaryl/α,β-unsaturated/α-hetero) is 1. The fourth-order valence-electron chi connectivity index (χ4n) is 2.40. The predicted octanol–water partition coefficient (Wildman–Crippen LogP) is 1.59. The maximum atomic E-state index is 12.5. The van der Waals surface area contributed by atoms with Crippen molar-refractivity contribution in [3.8, 4) is 0 Å². The molecule has 1 aromatic heterocycles. The van der Waals surface area contributed by atoms with E-state index in [1.54, 1.807) is 11.4 Å². The molecular weight excluding hydrogens is 336 g/mol. The van der Waals surface area contributed by atoms with E-state index in [0.717, 1.165) is 17.8 Å². The zero-order chi connectivity index (χ0) is 16.9. The van der Waals surface area contributed by atoms with Gasteiger partial charge in [0.05, 0.1) is 12.6 Å². The molecule has 6 nitrogen and oxygen atoms in total. The quantitative estimate of drug-likeness (QED) is 0.838. The summed E-state index contributed by atoms with van der Waals surface area (Å²) < 4.78 is 26.5. The van der Waals surface area contributed by atoms with E-state index < -0.39 is 16.1 Å². The molecule has 1 amide bonds. The summed E-state index contributed by atoms with van der Waals surface area (Å²) in [6.07, 6.45) is 4.04. The van der Waals surface area contributed by atoms with Crippen molar-refractivity contribution in [3.63, 3.8) is 0 Å². The normalized spacial score (nSPS) is 20.2. The molecule has 8 heteroatoms. The summed E-state index contributed by atoms with van der Waals surface area (Å²) >= 11 is 1.14. The monoisotopic (exact) mass is 357 g/mol. The van der Waals surface area contributed by atoms with Crippen LogP contribution in [0.5, 0.6) is 0 Å². The Kier molecular flexibility index (Phi) is 6.32. The van der Waals surface area contributed by atoms with Gasteiger partial charge in [0.1, 0.15) is 4.21 Å². The van der Waals surface area contributed by atoms with E-state index in [4.69, 9.17) is 0 Å². The summed E-state index contributed by atoms with van der Waals surface area (Å²) in [5.74, 6) is -0.527. The van der Waals surface area contributed by atoms with Crippen LogP contribution in [0.1, 0.15) is 32.6 Å². The van der Waals surface area contributed by atoms with Crippen molar-refractivity contribution in [2.75, 3.05) is 13.1 Å². The number of hydrogen-bond acceptors (Lipinski definition) is 5. The number of rotatable bonds is 6. The number of unbranched alkanes of at least 4 members (excludes halogenated alkanes) is 1. The fraction of sp³-hybridized carbons (Fsp3) is 0.533. The highest BCUT2D eigenvalue weighted by atomic mass is 32.2. The molecule has 0 aromatic carbocycles. The maximum absolute atomic E-state index is 12.5. The van der Waals surface area contributed by atoms with Crippen LogP contribution in [0, 0.1) is 6.42 Å². The van der Waals surface area contributed by atoms with Crippen molar-refractivity contribution >= 4 is 33.1 Å². The molecule has 127 valence electrons.